The van der Waals surface area contributed by atoms with E-state index in [2.05, 4.69) is 10.1 Å². The molecule has 0 saturated carbocycles. The van der Waals surface area contributed by atoms with E-state index in [1.54, 1.807) is 25.3 Å². The van der Waals surface area contributed by atoms with Crippen LogP contribution in [0.4, 0.5) is 0 Å². The second-order valence-electron chi connectivity index (χ2n) is 3.08. The van der Waals surface area contributed by atoms with Crippen LogP contribution in [-0.4, -0.2) is 25.8 Å². The maximum absolute atomic E-state index is 10.7. The fraction of sp³-hybridized carbons (Fsp3) is 0.100. The first-order valence-corrected chi connectivity index (χ1v) is 4.40. The first kappa shape index (κ1) is 9.39. The first-order valence-electron chi connectivity index (χ1n) is 4.40. The minimum atomic E-state index is -1.03. The Kier molecular flexibility index (Phi) is 2.21. The van der Waals surface area contributed by atoms with Gasteiger partial charge in [-0.1, -0.05) is 6.07 Å². The molecule has 2 rings (SSSR count). The Morgan fingerprint density at radius 2 is 2.27 bits per heavy atom. The van der Waals surface area contributed by atoms with E-state index >= 15 is 0 Å². The average molecular weight is 203 g/mol. The number of aromatic carboxylic acids is 1. The number of carboxylic acid groups (broad SMARTS) is 1. The van der Waals surface area contributed by atoms with Crippen molar-refractivity contribution in [2.45, 2.75) is 6.92 Å². The summed E-state index contributed by atoms with van der Waals surface area (Å²) in [6, 6.07) is 6.90. The van der Waals surface area contributed by atoms with E-state index in [1.807, 2.05) is 6.07 Å². The molecule has 0 spiro atoms. The van der Waals surface area contributed by atoms with E-state index < -0.39 is 5.97 Å². The smallest absolute Gasteiger partial charge is 0.356 e. The maximum atomic E-state index is 10.7. The topological polar surface area (TPSA) is 68.0 Å². The zero-order valence-electron chi connectivity index (χ0n) is 8.08. The minimum Gasteiger partial charge on any atom is -0.476 e. The average Bonchev–Trinajstić information content (AvgIpc) is 2.62. The van der Waals surface area contributed by atoms with E-state index in [0.29, 0.717) is 5.82 Å². The molecule has 0 fully saturated rings. The standard InChI is InChI=1S/C10H9N3O2/c1-7-6-8(10(14)15)12-13(7)9-4-2-3-5-11-9/h2-6H,1H3,(H,14,15). The molecular weight excluding hydrogens is 194 g/mol. The van der Waals surface area contributed by atoms with Gasteiger partial charge in [0.15, 0.2) is 11.5 Å². The van der Waals surface area contributed by atoms with Crippen molar-refractivity contribution >= 4 is 5.97 Å². The molecule has 2 aromatic rings. The van der Waals surface area contributed by atoms with Gasteiger partial charge in [-0.2, -0.15) is 5.10 Å². The van der Waals surface area contributed by atoms with Gasteiger partial charge < -0.3 is 5.11 Å². The van der Waals surface area contributed by atoms with E-state index in [-0.39, 0.29) is 5.69 Å². The molecule has 0 aliphatic heterocycles. The molecule has 2 aromatic heterocycles. The van der Waals surface area contributed by atoms with Crippen molar-refractivity contribution < 1.29 is 9.90 Å². The minimum absolute atomic E-state index is 0.0261. The Labute approximate surface area is 86.0 Å². The molecule has 0 saturated heterocycles. The van der Waals surface area contributed by atoms with Crippen LogP contribution in [0.5, 0.6) is 0 Å². The molecule has 0 amide bonds. The van der Waals surface area contributed by atoms with Gasteiger partial charge in [-0.15, -0.1) is 0 Å². The largest absolute Gasteiger partial charge is 0.476 e. The Morgan fingerprint density at radius 3 is 2.80 bits per heavy atom. The van der Waals surface area contributed by atoms with Gasteiger partial charge in [0, 0.05) is 11.9 Å². The summed E-state index contributed by atoms with van der Waals surface area (Å²) in [5.74, 6) is -0.421. The third-order valence-corrected chi connectivity index (χ3v) is 1.97. The predicted molar refractivity (Wildman–Crippen MR) is 53.1 cm³/mol. The summed E-state index contributed by atoms with van der Waals surface area (Å²) < 4.78 is 1.50. The third-order valence-electron chi connectivity index (χ3n) is 1.97. The van der Waals surface area contributed by atoms with Gasteiger partial charge in [0.25, 0.3) is 0 Å². The number of rotatable bonds is 2. The number of nitrogens with zero attached hydrogens (tertiary/aromatic N) is 3. The van der Waals surface area contributed by atoms with Gasteiger partial charge in [-0.05, 0) is 25.1 Å². The van der Waals surface area contributed by atoms with Crippen LogP contribution in [-0.2, 0) is 0 Å². The lowest BCUT2D eigenvalue weighted by atomic mass is 10.4. The Morgan fingerprint density at radius 1 is 1.47 bits per heavy atom. The van der Waals surface area contributed by atoms with E-state index in [4.69, 9.17) is 5.11 Å². The van der Waals surface area contributed by atoms with Crippen molar-refractivity contribution in [2.75, 3.05) is 0 Å². The van der Waals surface area contributed by atoms with Gasteiger partial charge in [0.05, 0.1) is 0 Å². The molecule has 2 heterocycles. The Hall–Kier alpha value is -2.17. The van der Waals surface area contributed by atoms with Crippen LogP contribution in [0.25, 0.3) is 5.82 Å². The van der Waals surface area contributed by atoms with Crippen LogP contribution in [0.3, 0.4) is 0 Å². The lowest BCUT2D eigenvalue weighted by Crippen LogP contribution is -2.03. The van der Waals surface area contributed by atoms with E-state index in [9.17, 15) is 4.79 Å². The monoisotopic (exact) mass is 203 g/mol. The highest BCUT2D eigenvalue weighted by Crippen LogP contribution is 2.09. The van der Waals surface area contributed by atoms with Crippen LogP contribution in [0.1, 0.15) is 16.2 Å². The zero-order chi connectivity index (χ0) is 10.8. The Balaban J connectivity index is 2.50. The van der Waals surface area contributed by atoms with Gasteiger partial charge in [0.1, 0.15) is 0 Å². The number of pyridine rings is 1. The quantitative estimate of drug-likeness (QED) is 0.798. The summed E-state index contributed by atoms with van der Waals surface area (Å²) in [5, 5.41) is 12.7. The van der Waals surface area contributed by atoms with Crippen LogP contribution in [0.2, 0.25) is 0 Å². The number of carboxylic acids is 1. The fourth-order valence-corrected chi connectivity index (χ4v) is 1.29. The lowest BCUT2D eigenvalue weighted by molar-refractivity contribution is 0.0690. The number of hydrogen-bond acceptors (Lipinski definition) is 3. The van der Waals surface area contributed by atoms with Gasteiger partial charge in [-0.25, -0.2) is 14.5 Å². The summed E-state index contributed by atoms with van der Waals surface area (Å²) in [7, 11) is 0. The molecule has 1 N–H and O–H groups in total. The van der Waals surface area contributed by atoms with Crippen molar-refractivity contribution in [3.05, 3.63) is 41.9 Å². The highest BCUT2D eigenvalue weighted by atomic mass is 16.4. The van der Waals surface area contributed by atoms with E-state index in [0.717, 1.165) is 5.69 Å². The SMILES string of the molecule is Cc1cc(C(=O)O)nn1-c1ccccn1. The summed E-state index contributed by atoms with van der Waals surface area (Å²) in [6.07, 6.45) is 1.64. The van der Waals surface area contributed by atoms with Gasteiger partial charge in [0.2, 0.25) is 0 Å². The van der Waals surface area contributed by atoms with Crippen molar-refractivity contribution in [2.24, 2.45) is 0 Å². The van der Waals surface area contributed by atoms with Gasteiger partial charge >= 0.3 is 5.97 Å². The molecule has 0 unspecified atom stereocenters. The Bertz CT molecular complexity index is 491. The number of aryl methyl sites for hydroxylation is 1. The number of aromatic nitrogens is 3. The number of hydrogen-bond donors (Lipinski definition) is 1. The van der Waals surface area contributed by atoms with Crippen LogP contribution in [0, 0.1) is 6.92 Å². The normalized spacial score (nSPS) is 10.2. The van der Waals surface area contributed by atoms with Crippen LogP contribution < -0.4 is 0 Å². The van der Waals surface area contributed by atoms with Crippen molar-refractivity contribution in [3.63, 3.8) is 0 Å². The predicted octanol–water partition coefficient (Wildman–Crippen LogP) is 1.27. The van der Waals surface area contributed by atoms with Crippen LogP contribution >= 0.6 is 0 Å². The molecule has 76 valence electrons. The molecule has 0 atom stereocenters. The highest BCUT2D eigenvalue weighted by Gasteiger charge is 2.11. The molecular formula is C10H9N3O2. The summed E-state index contributed by atoms with van der Waals surface area (Å²) in [4.78, 5) is 14.8. The second kappa shape index (κ2) is 3.53. The molecule has 0 aliphatic carbocycles. The first-order chi connectivity index (χ1) is 7.18. The number of carbonyl (C=O) groups is 1. The summed E-state index contributed by atoms with van der Waals surface area (Å²) in [5.41, 5.74) is 0.768. The van der Waals surface area contributed by atoms with Crippen molar-refractivity contribution in [3.8, 4) is 5.82 Å². The zero-order valence-corrected chi connectivity index (χ0v) is 8.08. The fourth-order valence-electron chi connectivity index (χ4n) is 1.29. The van der Waals surface area contributed by atoms with E-state index in [1.165, 1.54) is 10.7 Å². The molecule has 0 aromatic carbocycles. The van der Waals surface area contributed by atoms with Gasteiger partial charge in [-0.3, -0.25) is 0 Å². The highest BCUT2D eigenvalue weighted by molar-refractivity contribution is 5.85. The molecule has 0 aliphatic rings. The van der Waals surface area contributed by atoms with Crippen molar-refractivity contribution in [1.82, 2.24) is 14.8 Å². The molecule has 5 nitrogen and oxygen atoms in total. The lowest BCUT2D eigenvalue weighted by Gasteiger charge is -2.00. The maximum Gasteiger partial charge on any atom is 0.356 e. The van der Waals surface area contributed by atoms with Crippen molar-refractivity contribution in [1.29, 1.82) is 0 Å². The van der Waals surface area contributed by atoms with Crippen LogP contribution in [0.15, 0.2) is 30.5 Å². The molecule has 5 heteroatoms. The second-order valence-corrected chi connectivity index (χ2v) is 3.08. The molecule has 0 bridgehead atoms. The molecule has 0 radical (unpaired) electrons. The molecule has 15 heavy (non-hydrogen) atoms. The summed E-state index contributed by atoms with van der Waals surface area (Å²) in [6.45, 7) is 1.79. The third kappa shape index (κ3) is 1.71. The summed E-state index contributed by atoms with van der Waals surface area (Å²) >= 11 is 0.